The van der Waals surface area contributed by atoms with Crippen LogP contribution in [0.1, 0.15) is 35.3 Å². The lowest BCUT2D eigenvalue weighted by molar-refractivity contribution is -0.137. The van der Waals surface area contributed by atoms with Gasteiger partial charge in [0.15, 0.2) is 0 Å². The number of hydrogen-bond donors (Lipinski definition) is 1. The molecule has 1 N–H and O–H groups in total. The molecule has 1 aromatic rings. The average molecular weight is 299 g/mol. The molecule has 1 amide bonds. The third-order valence-corrected chi connectivity index (χ3v) is 4.12. The first-order valence-corrected chi connectivity index (χ1v) is 7.02. The first kappa shape index (κ1) is 14.3. The van der Waals surface area contributed by atoms with Crippen LogP contribution >= 0.6 is 0 Å². The number of rotatable bonds is 1. The van der Waals surface area contributed by atoms with E-state index in [4.69, 9.17) is 0 Å². The zero-order chi connectivity index (χ0) is 15.0. The Morgan fingerprint density at radius 2 is 2.00 bits per heavy atom. The number of carbonyl (C=O) groups excluding carboxylic acids is 1. The van der Waals surface area contributed by atoms with E-state index in [0.29, 0.717) is 19.1 Å². The zero-order valence-corrected chi connectivity index (χ0v) is 11.4. The van der Waals surface area contributed by atoms with Crippen LogP contribution in [0.15, 0.2) is 18.3 Å². The van der Waals surface area contributed by atoms with Crippen molar-refractivity contribution in [3.05, 3.63) is 29.6 Å². The van der Waals surface area contributed by atoms with Crippen molar-refractivity contribution in [3.63, 3.8) is 0 Å². The van der Waals surface area contributed by atoms with Crippen LogP contribution in [0.2, 0.25) is 0 Å². The van der Waals surface area contributed by atoms with Crippen molar-refractivity contribution in [1.29, 1.82) is 0 Å². The summed E-state index contributed by atoms with van der Waals surface area (Å²) in [5.74, 6) is -0.293. The minimum absolute atomic E-state index is 0.0702. The van der Waals surface area contributed by atoms with E-state index in [0.717, 1.165) is 37.6 Å². The highest BCUT2D eigenvalue weighted by Gasteiger charge is 2.33. The molecule has 3 heterocycles. The van der Waals surface area contributed by atoms with E-state index >= 15 is 0 Å². The Hall–Kier alpha value is -1.63. The highest BCUT2D eigenvalue weighted by Crippen LogP contribution is 2.28. The fourth-order valence-electron chi connectivity index (χ4n) is 2.98. The number of hydrogen-bond acceptors (Lipinski definition) is 3. The van der Waals surface area contributed by atoms with Gasteiger partial charge in [-0.25, -0.2) is 0 Å². The molecule has 1 aromatic heterocycles. The largest absolute Gasteiger partial charge is 0.417 e. The van der Waals surface area contributed by atoms with E-state index in [1.807, 2.05) is 0 Å². The lowest BCUT2D eigenvalue weighted by Gasteiger charge is -2.24. The minimum Gasteiger partial charge on any atom is -0.336 e. The first-order valence-electron chi connectivity index (χ1n) is 7.02. The minimum atomic E-state index is -4.43. The van der Waals surface area contributed by atoms with Crippen LogP contribution in [-0.4, -0.2) is 41.0 Å². The van der Waals surface area contributed by atoms with Crippen molar-refractivity contribution in [2.45, 2.75) is 37.5 Å². The molecule has 0 aromatic carbocycles. The first-order chi connectivity index (χ1) is 9.93. The summed E-state index contributed by atoms with van der Waals surface area (Å²) in [6.07, 6.45) is -0.668. The van der Waals surface area contributed by atoms with Crippen molar-refractivity contribution in [2.75, 3.05) is 13.1 Å². The van der Waals surface area contributed by atoms with Gasteiger partial charge in [0.1, 0.15) is 5.69 Å². The molecular formula is C14H16F3N3O. The maximum absolute atomic E-state index is 12.5. The monoisotopic (exact) mass is 299 g/mol. The van der Waals surface area contributed by atoms with Gasteiger partial charge in [0, 0.05) is 31.4 Å². The molecule has 4 nitrogen and oxygen atoms in total. The van der Waals surface area contributed by atoms with E-state index in [1.165, 1.54) is 0 Å². The predicted molar refractivity (Wildman–Crippen MR) is 69.7 cm³/mol. The second-order valence-electron chi connectivity index (χ2n) is 5.61. The van der Waals surface area contributed by atoms with Gasteiger partial charge < -0.3 is 10.2 Å². The quantitative estimate of drug-likeness (QED) is 0.863. The Kier molecular flexibility index (Phi) is 3.61. The number of carbonyl (C=O) groups is 1. The van der Waals surface area contributed by atoms with Gasteiger partial charge in [0.05, 0.1) is 5.56 Å². The molecule has 2 bridgehead atoms. The fraction of sp³-hybridized carbons (Fsp3) is 0.571. The summed E-state index contributed by atoms with van der Waals surface area (Å²) in [7, 11) is 0. The van der Waals surface area contributed by atoms with Gasteiger partial charge in [-0.3, -0.25) is 9.78 Å². The zero-order valence-electron chi connectivity index (χ0n) is 11.4. The van der Waals surface area contributed by atoms with Crippen molar-refractivity contribution in [2.24, 2.45) is 0 Å². The fourth-order valence-corrected chi connectivity index (χ4v) is 2.98. The Morgan fingerprint density at radius 3 is 2.67 bits per heavy atom. The Balaban J connectivity index is 1.73. The highest BCUT2D eigenvalue weighted by molar-refractivity contribution is 5.92. The smallest absolute Gasteiger partial charge is 0.336 e. The second-order valence-corrected chi connectivity index (χ2v) is 5.61. The molecule has 21 heavy (non-hydrogen) atoms. The van der Waals surface area contributed by atoms with Crippen molar-refractivity contribution < 1.29 is 18.0 Å². The van der Waals surface area contributed by atoms with Gasteiger partial charge in [-0.1, -0.05) is 0 Å². The van der Waals surface area contributed by atoms with E-state index in [1.54, 1.807) is 4.90 Å². The topological polar surface area (TPSA) is 45.2 Å². The molecule has 0 aliphatic carbocycles. The number of aromatic nitrogens is 1. The van der Waals surface area contributed by atoms with Crippen molar-refractivity contribution in [1.82, 2.24) is 15.2 Å². The summed E-state index contributed by atoms with van der Waals surface area (Å²) < 4.78 is 37.5. The molecule has 0 radical (unpaired) electrons. The van der Waals surface area contributed by atoms with Gasteiger partial charge in [0.2, 0.25) is 0 Å². The molecule has 114 valence electrons. The molecule has 2 atom stereocenters. The standard InChI is InChI=1S/C14H16F3N3O/c15-14(16,17)9-1-4-12(18-7-9)13(21)20-6-5-10-2-3-11(8-20)19-10/h1,4,7,10-11,19H,2-3,5-6,8H2. The predicted octanol–water partition coefficient (Wildman–Crippen LogP) is 2.07. The number of nitrogens with zero attached hydrogens (tertiary/aromatic N) is 2. The molecular weight excluding hydrogens is 283 g/mol. The number of alkyl halides is 3. The highest BCUT2D eigenvalue weighted by atomic mass is 19.4. The van der Waals surface area contributed by atoms with Gasteiger partial charge in [-0.15, -0.1) is 0 Å². The van der Waals surface area contributed by atoms with Crippen molar-refractivity contribution >= 4 is 5.91 Å². The number of amides is 1. The van der Waals surface area contributed by atoms with Gasteiger partial charge in [-0.2, -0.15) is 13.2 Å². The lowest BCUT2D eigenvalue weighted by atomic mass is 10.1. The summed E-state index contributed by atoms with van der Waals surface area (Å²) in [6.45, 7) is 1.22. The van der Waals surface area contributed by atoms with Crippen LogP contribution in [-0.2, 0) is 6.18 Å². The molecule has 2 aliphatic rings. The number of pyridine rings is 1. The maximum atomic E-state index is 12.5. The van der Waals surface area contributed by atoms with Crippen LogP contribution in [0.25, 0.3) is 0 Å². The normalized spacial score (nSPS) is 25.8. The molecule has 2 aliphatic heterocycles. The molecule has 3 rings (SSSR count). The molecule has 2 fully saturated rings. The summed E-state index contributed by atoms with van der Waals surface area (Å²) in [4.78, 5) is 17.7. The molecule has 0 saturated carbocycles. The second kappa shape index (κ2) is 5.29. The van der Waals surface area contributed by atoms with Crippen LogP contribution in [0.3, 0.4) is 0 Å². The van der Waals surface area contributed by atoms with Crippen LogP contribution < -0.4 is 5.32 Å². The van der Waals surface area contributed by atoms with E-state index < -0.39 is 11.7 Å². The van der Waals surface area contributed by atoms with Crippen LogP contribution in [0, 0.1) is 0 Å². The van der Waals surface area contributed by atoms with Crippen LogP contribution in [0.5, 0.6) is 0 Å². The lowest BCUT2D eigenvalue weighted by Crippen LogP contribution is -2.39. The number of fused-ring (bicyclic) bond motifs is 2. The Labute approximate surface area is 120 Å². The van der Waals surface area contributed by atoms with Gasteiger partial charge in [0.25, 0.3) is 5.91 Å². The van der Waals surface area contributed by atoms with Crippen molar-refractivity contribution in [3.8, 4) is 0 Å². The summed E-state index contributed by atoms with van der Waals surface area (Å²) in [5.41, 5.74) is -0.767. The van der Waals surface area contributed by atoms with E-state index in [-0.39, 0.29) is 17.6 Å². The molecule has 2 saturated heterocycles. The van der Waals surface area contributed by atoms with E-state index in [9.17, 15) is 18.0 Å². The Bertz CT molecular complexity index is 529. The van der Waals surface area contributed by atoms with E-state index in [2.05, 4.69) is 10.3 Å². The number of halogens is 3. The summed E-state index contributed by atoms with van der Waals surface area (Å²) >= 11 is 0. The third kappa shape index (κ3) is 3.02. The van der Waals surface area contributed by atoms with Crippen LogP contribution in [0.4, 0.5) is 13.2 Å². The molecule has 7 heteroatoms. The van der Waals surface area contributed by atoms with Gasteiger partial charge in [-0.05, 0) is 31.4 Å². The Morgan fingerprint density at radius 1 is 1.24 bits per heavy atom. The summed E-state index contributed by atoms with van der Waals surface area (Å²) in [6, 6.07) is 2.80. The maximum Gasteiger partial charge on any atom is 0.417 e. The number of nitrogens with one attached hydrogen (secondary N) is 1. The third-order valence-electron chi connectivity index (χ3n) is 4.12. The molecule has 0 spiro atoms. The van der Waals surface area contributed by atoms with Gasteiger partial charge >= 0.3 is 6.18 Å². The number of likely N-dealkylation sites (tertiary alicyclic amines) is 1. The SMILES string of the molecule is O=C(c1ccc(C(F)(F)F)cn1)N1CCC2CCC(C1)N2. The molecule has 2 unspecified atom stereocenters. The summed E-state index contributed by atoms with van der Waals surface area (Å²) in [5, 5.41) is 3.46. The average Bonchev–Trinajstić information content (AvgIpc) is 2.77.